The van der Waals surface area contributed by atoms with Crippen LogP contribution in [-0.4, -0.2) is 29.8 Å². The molecule has 0 unspecified atom stereocenters. The number of imidazole rings is 1. The molecule has 2 aromatic heterocycles. The van der Waals surface area contributed by atoms with E-state index < -0.39 is 21.7 Å². The molecule has 1 N–H and O–H groups in total. The van der Waals surface area contributed by atoms with Gasteiger partial charge in [-0.3, -0.25) is 0 Å². The highest BCUT2D eigenvalue weighted by Gasteiger charge is 2.21. The molecular formula is C5H2N6O4. The average molecular weight is 210 g/mol. The molecule has 0 radical (unpaired) electrons. The van der Waals surface area contributed by atoms with E-state index in [9.17, 15) is 20.2 Å². The van der Waals surface area contributed by atoms with Crippen LogP contribution in [0.3, 0.4) is 0 Å². The Kier molecular flexibility index (Phi) is 1.75. The zero-order chi connectivity index (χ0) is 11.0. The summed E-state index contributed by atoms with van der Waals surface area (Å²) in [5, 5.41) is 20.6. The summed E-state index contributed by atoms with van der Waals surface area (Å²) in [6.45, 7) is 0. The third-order valence-corrected chi connectivity index (χ3v) is 1.55. The van der Waals surface area contributed by atoms with Gasteiger partial charge in [0.1, 0.15) is 0 Å². The van der Waals surface area contributed by atoms with Gasteiger partial charge in [-0.05, 0) is 19.8 Å². The zero-order valence-corrected chi connectivity index (χ0v) is 6.95. The maximum absolute atomic E-state index is 10.3. The minimum Gasteiger partial charge on any atom is -0.390 e. The fourth-order valence-corrected chi connectivity index (χ4v) is 0.960. The van der Waals surface area contributed by atoms with Crippen LogP contribution in [0.5, 0.6) is 0 Å². The Bertz CT molecular complexity index is 550. The summed E-state index contributed by atoms with van der Waals surface area (Å²) in [6.07, 6.45) is 1.07. The smallest absolute Gasteiger partial charge is 0.390 e. The quantitative estimate of drug-likeness (QED) is 0.549. The number of hydrogen-bond acceptors (Lipinski definition) is 7. The van der Waals surface area contributed by atoms with Gasteiger partial charge in [0, 0.05) is 0 Å². The van der Waals surface area contributed by atoms with E-state index in [-0.39, 0.29) is 11.2 Å². The maximum atomic E-state index is 10.3. The van der Waals surface area contributed by atoms with Crippen molar-refractivity contribution in [3.63, 3.8) is 0 Å². The largest absolute Gasteiger partial charge is 0.472 e. The van der Waals surface area contributed by atoms with Crippen molar-refractivity contribution in [1.82, 2.24) is 19.9 Å². The minimum absolute atomic E-state index is 0.108. The van der Waals surface area contributed by atoms with Crippen LogP contribution in [0.2, 0.25) is 0 Å². The first-order chi connectivity index (χ1) is 7.08. The SMILES string of the molecule is O=[N+]([O-])c1ncc2[nH]c([N+](=O)[O-])nc2n1. The molecule has 0 amide bonds. The second kappa shape index (κ2) is 2.94. The lowest BCUT2D eigenvalue weighted by atomic mass is 10.6. The van der Waals surface area contributed by atoms with Gasteiger partial charge < -0.3 is 20.2 Å². The number of fused-ring (bicyclic) bond motifs is 1. The Balaban J connectivity index is 2.62. The number of hydrogen-bond donors (Lipinski definition) is 1. The number of nitrogens with one attached hydrogen (secondary N) is 1. The number of aromatic amines is 1. The second-order valence-electron chi connectivity index (χ2n) is 2.48. The first-order valence-electron chi connectivity index (χ1n) is 3.59. The van der Waals surface area contributed by atoms with Crippen LogP contribution in [0.1, 0.15) is 0 Å². The number of aromatic nitrogens is 4. The van der Waals surface area contributed by atoms with Crippen LogP contribution in [-0.2, 0) is 0 Å². The Morgan fingerprint density at radius 2 is 1.93 bits per heavy atom. The third-order valence-electron chi connectivity index (χ3n) is 1.55. The van der Waals surface area contributed by atoms with Crippen molar-refractivity contribution < 1.29 is 9.85 Å². The molecule has 76 valence electrons. The normalized spacial score (nSPS) is 10.4. The van der Waals surface area contributed by atoms with Gasteiger partial charge in [-0.2, -0.15) is 0 Å². The molecule has 0 aliphatic rings. The van der Waals surface area contributed by atoms with Gasteiger partial charge in [0.05, 0.1) is 0 Å². The van der Waals surface area contributed by atoms with E-state index in [0.717, 1.165) is 6.20 Å². The molecule has 2 heterocycles. The molecule has 0 spiro atoms. The number of nitrogens with zero attached hydrogens (tertiary/aromatic N) is 5. The van der Waals surface area contributed by atoms with Gasteiger partial charge in [0.15, 0.2) is 6.20 Å². The van der Waals surface area contributed by atoms with Crippen LogP contribution in [0.4, 0.5) is 11.9 Å². The fourth-order valence-electron chi connectivity index (χ4n) is 0.960. The summed E-state index contributed by atoms with van der Waals surface area (Å²) in [6, 6.07) is 0. The van der Waals surface area contributed by atoms with E-state index in [1.165, 1.54) is 0 Å². The zero-order valence-electron chi connectivity index (χ0n) is 6.95. The van der Waals surface area contributed by atoms with E-state index in [4.69, 9.17) is 0 Å². The van der Waals surface area contributed by atoms with Gasteiger partial charge in [-0.15, -0.1) is 0 Å². The predicted molar refractivity (Wildman–Crippen MR) is 45.0 cm³/mol. The molecule has 0 atom stereocenters. The number of H-pyrrole nitrogens is 1. The third kappa shape index (κ3) is 1.43. The Labute approximate surface area is 80.3 Å². The molecule has 0 aliphatic carbocycles. The number of rotatable bonds is 2. The topological polar surface area (TPSA) is 141 Å². The Hall–Kier alpha value is -2.65. The van der Waals surface area contributed by atoms with Gasteiger partial charge >= 0.3 is 17.5 Å². The summed E-state index contributed by atoms with van der Waals surface area (Å²) in [5.74, 6) is -1.18. The predicted octanol–water partition coefficient (Wildman–Crippen LogP) is 0.169. The van der Waals surface area contributed by atoms with Gasteiger partial charge in [-0.25, -0.2) is 4.98 Å². The van der Waals surface area contributed by atoms with Crippen molar-refractivity contribution in [3.8, 4) is 0 Å². The van der Waals surface area contributed by atoms with E-state index in [0.29, 0.717) is 0 Å². The Morgan fingerprint density at radius 3 is 2.53 bits per heavy atom. The first kappa shape index (κ1) is 8.93. The summed E-state index contributed by atoms with van der Waals surface area (Å²) in [5.41, 5.74) is 0.0655. The highest BCUT2D eigenvalue weighted by atomic mass is 16.6. The molecule has 0 aromatic carbocycles. The van der Waals surface area contributed by atoms with E-state index >= 15 is 0 Å². The van der Waals surface area contributed by atoms with Crippen molar-refractivity contribution >= 4 is 23.1 Å². The summed E-state index contributed by atoms with van der Waals surface area (Å²) in [7, 11) is 0. The maximum Gasteiger partial charge on any atom is 0.472 e. The molecule has 2 rings (SSSR count). The molecular weight excluding hydrogens is 208 g/mol. The van der Waals surface area contributed by atoms with Crippen LogP contribution < -0.4 is 0 Å². The van der Waals surface area contributed by atoms with Crippen molar-refractivity contribution in [2.24, 2.45) is 0 Å². The van der Waals surface area contributed by atoms with Gasteiger partial charge in [0.2, 0.25) is 5.52 Å². The molecule has 10 heteroatoms. The highest BCUT2D eigenvalue weighted by Crippen LogP contribution is 2.14. The summed E-state index contributed by atoms with van der Waals surface area (Å²) >= 11 is 0. The van der Waals surface area contributed by atoms with Crippen LogP contribution in [0.25, 0.3) is 11.2 Å². The average Bonchev–Trinajstić information content (AvgIpc) is 2.59. The Morgan fingerprint density at radius 1 is 1.20 bits per heavy atom. The van der Waals surface area contributed by atoms with Crippen molar-refractivity contribution in [1.29, 1.82) is 0 Å². The summed E-state index contributed by atoms with van der Waals surface area (Å²) in [4.78, 5) is 31.6. The van der Waals surface area contributed by atoms with Crippen molar-refractivity contribution in [3.05, 3.63) is 26.4 Å². The van der Waals surface area contributed by atoms with Crippen molar-refractivity contribution in [2.75, 3.05) is 0 Å². The molecule has 0 bridgehead atoms. The lowest BCUT2D eigenvalue weighted by Gasteiger charge is -1.86. The second-order valence-corrected chi connectivity index (χ2v) is 2.48. The molecule has 0 aliphatic heterocycles. The molecule has 2 aromatic rings. The van der Waals surface area contributed by atoms with Gasteiger partial charge in [0.25, 0.3) is 0 Å². The van der Waals surface area contributed by atoms with E-state index in [2.05, 4.69) is 19.9 Å². The lowest BCUT2D eigenvalue weighted by molar-refractivity contribution is -0.394. The molecule has 0 fully saturated rings. The fraction of sp³-hybridized carbons (Fsp3) is 0. The van der Waals surface area contributed by atoms with Crippen LogP contribution >= 0.6 is 0 Å². The summed E-state index contributed by atoms with van der Waals surface area (Å²) < 4.78 is 0. The highest BCUT2D eigenvalue weighted by molar-refractivity contribution is 5.71. The molecule has 15 heavy (non-hydrogen) atoms. The first-order valence-corrected chi connectivity index (χ1v) is 3.59. The minimum atomic E-state index is -0.806. The van der Waals surface area contributed by atoms with Crippen molar-refractivity contribution in [2.45, 2.75) is 0 Å². The number of nitro groups is 2. The monoisotopic (exact) mass is 210 g/mol. The van der Waals surface area contributed by atoms with E-state index in [1.54, 1.807) is 0 Å². The van der Waals surface area contributed by atoms with E-state index in [1.807, 2.05) is 0 Å². The standard InChI is InChI=1S/C5H2N6O4/c12-10(13)4-6-1-2-3(8-4)9-5(7-2)11(14)15/h1H,(H,6,7,8,9). The van der Waals surface area contributed by atoms with Gasteiger partial charge in [-0.1, -0.05) is 4.98 Å². The lowest BCUT2D eigenvalue weighted by Crippen LogP contribution is -1.95. The van der Waals surface area contributed by atoms with Crippen LogP contribution in [0, 0.1) is 20.2 Å². The molecule has 10 nitrogen and oxygen atoms in total. The molecule has 0 saturated carbocycles. The van der Waals surface area contributed by atoms with Crippen LogP contribution in [0.15, 0.2) is 6.20 Å². The molecule has 0 saturated heterocycles.